The number of halogens is 4. The fourth-order valence-corrected chi connectivity index (χ4v) is 6.77. The molecule has 1 fully saturated rings. The first-order valence-corrected chi connectivity index (χ1v) is 12.7. The zero-order valence-corrected chi connectivity index (χ0v) is 20.0. The van der Waals surface area contributed by atoms with Gasteiger partial charge in [0.15, 0.2) is 5.13 Å². The quantitative estimate of drug-likeness (QED) is 0.425. The molecule has 0 radical (unpaired) electrons. The van der Waals surface area contributed by atoms with Crippen LogP contribution in [0.15, 0.2) is 46.7 Å². The summed E-state index contributed by atoms with van der Waals surface area (Å²) in [6.07, 6.45) is 0. The van der Waals surface area contributed by atoms with Gasteiger partial charge in [-0.3, -0.25) is 0 Å². The lowest BCUT2D eigenvalue weighted by Gasteiger charge is -2.33. The third kappa shape index (κ3) is 4.58. The van der Waals surface area contributed by atoms with Crippen molar-refractivity contribution in [3.05, 3.63) is 61.9 Å². The number of sulfonamides is 1. The first kappa shape index (κ1) is 22.1. The summed E-state index contributed by atoms with van der Waals surface area (Å²) in [5.74, 6) is 0. The van der Waals surface area contributed by atoms with E-state index in [1.54, 1.807) is 6.07 Å². The van der Waals surface area contributed by atoms with Crippen molar-refractivity contribution in [2.24, 2.45) is 0 Å². The summed E-state index contributed by atoms with van der Waals surface area (Å²) < 4.78 is 27.3. The average molecular weight is 523 g/mol. The molecule has 4 rings (SSSR count). The third-order valence-electron chi connectivity index (χ3n) is 4.67. The van der Waals surface area contributed by atoms with E-state index in [0.29, 0.717) is 41.2 Å². The molecular formula is C19H15Cl4N3O2S2. The lowest BCUT2D eigenvalue weighted by atomic mass is 10.2. The van der Waals surface area contributed by atoms with Gasteiger partial charge in [-0.2, -0.15) is 4.31 Å². The molecule has 1 aliphatic heterocycles. The largest absolute Gasteiger partial charge is 0.345 e. The summed E-state index contributed by atoms with van der Waals surface area (Å²) in [6, 6.07) is 9.70. The minimum atomic E-state index is -3.69. The Kier molecular flexibility index (Phi) is 6.51. The Morgan fingerprint density at radius 3 is 2.17 bits per heavy atom. The highest BCUT2D eigenvalue weighted by molar-refractivity contribution is 7.89. The van der Waals surface area contributed by atoms with Crippen molar-refractivity contribution in [3.8, 4) is 11.3 Å². The number of hydrogen-bond acceptors (Lipinski definition) is 5. The SMILES string of the molecule is O=S(=O)(c1ccc(Cl)cc1Cl)N1CCN(c2nc(-c3cc(Cl)cc(Cl)c3)cs2)CC1. The van der Waals surface area contributed by atoms with E-state index in [0.717, 1.165) is 16.4 Å². The molecule has 2 heterocycles. The molecule has 1 aliphatic rings. The number of nitrogens with zero attached hydrogens (tertiary/aromatic N) is 3. The molecule has 0 spiro atoms. The molecule has 0 aliphatic carbocycles. The number of anilines is 1. The van der Waals surface area contributed by atoms with E-state index < -0.39 is 10.0 Å². The Hall–Kier alpha value is -1.06. The molecule has 0 atom stereocenters. The molecule has 0 amide bonds. The van der Waals surface area contributed by atoms with Gasteiger partial charge in [-0.15, -0.1) is 11.3 Å². The highest BCUT2D eigenvalue weighted by Crippen LogP contribution is 2.33. The van der Waals surface area contributed by atoms with Crippen molar-refractivity contribution in [2.45, 2.75) is 4.90 Å². The van der Waals surface area contributed by atoms with Crippen LogP contribution < -0.4 is 4.90 Å². The van der Waals surface area contributed by atoms with Crippen LogP contribution in [0, 0.1) is 0 Å². The van der Waals surface area contributed by atoms with E-state index in [1.165, 1.54) is 33.8 Å². The topological polar surface area (TPSA) is 53.5 Å². The van der Waals surface area contributed by atoms with Crippen LogP contribution in [0.4, 0.5) is 5.13 Å². The van der Waals surface area contributed by atoms with Gasteiger partial charge in [0.1, 0.15) is 4.90 Å². The maximum Gasteiger partial charge on any atom is 0.244 e. The number of benzene rings is 2. The van der Waals surface area contributed by atoms with Crippen molar-refractivity contribution < 1.29 is 8.42 Å². The third-order valence-corrected chi connectivity index (χ3v) is 8.63. The van der Waals surface area contributed by atoms with Gasteiger partial charge in [0, 0.05) is 52.2 Å². The molecule has 2 aromatic carbocycles. The second-order valence-corrected chi connectivity index (χ2v) is 11.1. The summed E-state index contributed by atoms with van der Waals surface area (Å²) in [7, 11) is -3.69. The van der Waals surface area contributed by atoms with Crippen LogP contribution in [0.25, 0.3) is 11.3 Å². The van der Waals surface area contributed by atoms with Crippen LogP contribution in [0.3, 0.4) is 0 Å². The average Bonchev–Trinajstić information content (AvgIpc) is 3.17. The van der Waals surface area contributed by atoms with Gasteiger partial charge in [-0.25, -0.2) is 13.4 Å². The van der Waals surface area contributed by atoms with Crippen molar-refractivity contribution >= 4 is 72.9 Å². The first-order chi connectivity index (χ1) is 14.2. The van der Waals surface area contributed by atoms with E-state index in [9.17, 15) is 8.42 Å². The van der Waals surface area contributed by atoms with E-state index in [4.69, 9.17) is 46.4 Å². The Bertz CT molecular complexity index is 1170. The number of aromatic nitrogens is 1. The van der Waals surface area contributed by atoms with Gasteiger partial charge in [-0.05, 0) is 36.4 Å². The van der Waals surface area contributed by atoms with E-state index in [2.05, 4.69) is 9.88 Å². The summed E-state index contributed by atoms with van der Waals surface area (Å²) in [6.45, 7) is 1.71. The molecule has 1 saturated heterocycles. The lowest BCUT2D eigenvalue weighted by Crippen LogP contribution is -2.48. The molecule has 5 nitrogen and oxygen atoms in total. The van der Waals surface area contributed by atoms with Crippen molar-refractivity contribution in [3.63, 3.8) is 0 Å². The second-order valence-electron chi connectivity index (χ2n) is 6.64. The summed E-state index contributed by atoms with van der Waals surface area (Å²) in [5, 5.41) is 4.37. The lowest BCUT2D eigenvalue weighted by molar-refractivity contribution is 0.385. The highest BCUT2D eigenvalue weighted by atomic mass is 35.5. The summed E-state index contributed by atoms with van der Waals surface area (Å²) >= 11 is 25.7. The van der Waals surface area contributed by atoms with Gasteiger partial charge in [-0.1, -0.05) is 46.4 Å². The maximum atomic E-state index is 13.0. The summed E-state index contributed by atoms with van der Waals surface area (Å²) in [4.78, 5) is 6.81. The van der Waals surface area contributed by atoms with Crippen LogP contribution in [0.2, 0.25) is 20.1 Å². The number of thiazole rings is 1. The van der Waals surface area contributed by atoms with Gasteiger partial charge in [0.25, 0.3) is 0 Å². The smallest absolute Gasteiger partial charge is 0.244 e. The van der Waals surface area contributed by atoms with Crippen molar-refractivity contribution in [2.75, 3.05) is 31.1 Å². The minimum Gasteiger partial charge on any atom is -0.345 e. The fraction of sp³-hybridized carbons (Fsp3) is 0.211. The van der Waals surface area contributed by atoms with E-state index >= 15 is 0 Å². The van der Waals surface area contributed by atoms with Crippen LogP contribution in [0.5, 0.6) is 0 Å². The van der Waals surface area contributed by atoms with Gasteiger partial charge in [0.2, 0.25) is 10.0 Å². The number of rotatable bonds is 4. The Morgan fingerprint density at radius 2 is 1.53 bits per heavy atom. The van der Waals surface area contributed by atoms with Crippen molar-refractivity contribution in [1.82, 2.24) is 9.29 Å². The van der Waals surface area contributed by atoms with Gasteiger partial charge >= 0.3 is 0 Å². The van der Waals surface area contributed by atoms with Crippen LogP contribution in [-0.2, 0) is 10.0 Å². The van der Waals surface area contributed by atoms with Crippen LogP contribution in [-0.4, -0.2) is 43.9 Å². The normalized spacial score (nSPS) is 15.5. The maximum absolute atomic E-state index is 13.0. The second kappa shape index (κ2) is 8.82. The van der Waals surface area contributed by atoms with E-state index in [-0.39, 0.29) is 9.92 Å². The minimum absolute atomic E-state index is 0.0661. The standard InChI is InChI=1S/C19H15Cl4N3O2S2/c20-13-1-2-18(16(23)10-13)30(27,28)26-5-3-25(4-6-26)19-24-17(11-29-19)12-7-14(21)9-15(22)8-12/h1-2,7-11H,3-6H2. The van der Waals surface area contributed by atoms with Crippen LogP contribution in [0.1, 0.15) is 0 Å². The monoisotopic (exact) mass is 521 g/mol. The molecule has 0 saturated carbocycles. The molecule has 3 aromatic rings. The molecule has 30 heavy (non-hydrogen) atoms. The Morgan fingerprint density at radius 1 is 0.867 bits per heavy atom. The molecule has 0 bridgehead atoms. The first-order valence-electron chi connectivity index (χ1n) is 8.86. The summed E-state index contributed by atoms with van der Waals surface area (Å²) in [5.41, 5.74) is 1.62. The van der Waals surface area contributed by atoms with Gasteiger partial charge in [0.05, 0.1) is 10.7 Å². The molecular weight excluding hydrogens is 508 g/mol. The van der Waals surface area contributed by atoms with Crippen LogP contribution >= 0.6 is 57.7 Å². The highest BCUT2D eigenvalue weighted by Gasteiger charge is 2.31. The van der Waals surface area contributed by atoms with Crippen molar-refractivity contribution in [1.29, 1.82) is 0 Å². The predicted molar refractivity (Wildman–Crippen MR) is 125 cm³/mol. The molecule has 0 N–H and O–H groups in total. The molecule has 0 unspecified atom stereocenters. The zero-order valence-electron chi connectivity index (χ0n) is 15.4. The fourth-order valence-electron chi connectivity index (χ4n) is 3.19. The Labute approximate surface area is 198 Å². The van der Waals surface area contributed by atoms with Gasteiger partial charge < -0.3 is 4.90 Å². The molecule has 1 aromatic heterocycles. The van der Waals surface area contributed by atoms with E-state index in [1.807, 2.05) is 17.5 Å². The molecule has 158 valence electrons. The molecule has 11 heteroatoms. The number of piperazine rings is 1. The predicted octanol–water partition coefficient (Wildman–Crippen LogP) is 5.93. The zero-order chi connectivity index (χ0) is 21.5. The number of hydrogen-bond donors (Lipinski definition) is 0. The Balaban J connectivity index is 1.48.